The molecule has 3 rings (SSSR count). The van der Waals surface area contributed by atoms with Crippen molar-refractivity contribution >= 4 is 5.78 Å². The summed E-state index contributed by atoms with van der Waals surface area (Å²) in [5.41, 5.74) is 0.507. The summed E-state index contributed by atoms with van der Waals surface area (Å²) in [7, 11) is 1.83. The highest BCUT2D eigenvalue weighted by Gasteiger charge is 2.62. The van der Waals surface area contributed by atoms with Crippen molar-refractivity contribution in [3.8, 4) is 0 Å². The van der Waals surface area contributed by atoms with Crippen LogP contribution in [0.5, 0.6) is 0 Å². The van der Waals surface area contributed by atoms with Gasteiger partial charge < -0.3 is 4.74 Å². The maximum atomic E-state index is 12.2. The first-order chi connectivity index (χ1) is 8.30. The van der Waals surface area contributed by atoms with Gasteiger partial charge in [-0.05, 0) is 48.3 Å². The van der Waals surface area contributed by atoms with Gasteiger partial charge in [0.2, 0.25) is 0 Å². The second kappa shape index (κ2) is 3.59. The molecule has 0 saturated heterocycles. The zero-order valence-electron chi connectivity index (χ0n) is 12.2. The van der Waals surface area contributed by atoms with E-state index in [9.17, 15) is 4.79 Å². The molecular formula is C16H26O2. The first-order valence-corrected chi connectivity index (χ1v) is 7.37. The lowest BCUT2D eigenvalue weighted by Gasteiger charge is -2.58. The van der Waals surface area contributed by atoms with E-state index in [0.29, 0.717) is 23.5 Å². The number of carbonyl (C=O) groups is 1. The summed E-state index contributed by atoms with van der Waals surface area (Å²) in [5, 5.41) is 0. The molecule has 2 heteroatoms. The normalized spacial score (nSPS) is 50.1. The van der Waals surface area contributed by atoms with Crippen molar-refractivity contribution in [3.63, 3.8) is 0 Å². The molecular weight excluding hydrogens is 224 g/mol. The van der Waals surface area contributed by atoms with E-state index >= 15 is 0 Å². The van der Waals surface area contributed by atoms with Gasteiger partial charge in [0.15, 0.2) is 0 Å². The number of methoxy groups -OCH3 is 1. The van der Waals surface area contributed by atoms with Crippen LogP contribution in [0, 0.1) is 22.7 Å². The Kier molecular flexibility index (Phi) is 2.53. The first kappa shape index (κ1) is 12.7. The zero-order chi connectivity index (χ0) is 13.2. The predicted octanol–water partition coefficient (Wildman–Crippen LogP) is 3.59. The summed E-state index contributed by atoms with van der Waals surface area (Å²) in [5.74, 6) is 1.80. The Hall–Kier alpha value is -0.370. The Balaban J connectivity index is 1.99. The monoisotopic (exact) mass is 250 g/mol. The van der Waals surface area contributed by atoms with Crippen LogP contribution in [-0.2, 0) is 9.53 Å². The third kappa shape index (κ3) is 1.61. The zero-order valence-corrected chi connectivity index (χ0v) is 12.2. The Morgan fingerprint density at radius 3 is 2.50 bits per heavy atom. The van der Waals surface area contributed by atoms with E-state index in [1.54, 1.807) is 0 Å². The molecule has 2 nitrogen and oxygen atoms in total. The van der Waals surface area contributed by atoms with Crippen molar-refractivity contribution in [1.29, 1.82) is 0 Å². The maximum Gasteiger partial charge on any atom is 0.136 e. The third-order valence-corrected chi connectivity index (χ3v) is 6.22. The van der Waals surface area contributed by atoms with E-state index in [1.807, 2.05) is 7.11 Å². The second-order valence-electron chi connectivity index (χ2n) is 8.09. The van der Waals surface area contributed by atoms with Gasteiger partial charge in [-0.15, -0.1) is 0 Å². The van der Waals surface area contributed by atoms with Crippen molar-refractivity contribution in [2.24, 2.45) is 22.7 Å². The van der Waals surface area contributed by atoms with Crippen molar-refractivity contribution in [1.82, 2.24) is 0 Å². The molecule has 0 N–H and O–H groups in total. The highest BCUT2D eigenvalue weighted by Crippen LogP contribution is 2.65. The molecule has 4 atom stereocenters. The summed E-state index contributed by atoms with van der Waals surface area (Å²) in [6.07, 6.45) is 6.25. The number of rotatable bonds is 1. The molecule has 0 aromatic rings. The Labute approximate surface area is 110 Å². The van der Waals surface area contributed by atoms with E-state index in [0.717, 1.165) is 18.8 Å². The fraction of sp³-hybridized carbons (Fsp3) is 0.938. The van der Waals surface area contributed by atoms with Crippen LogP contribution in [0.1, 0.15) is 59.3 Å². The molecule has 0 aromatic heterocycles. The largest absolute Gasteiger partial charge is 0.377 e. The molecule has 3 aliphatic carbocycles. The lowest BCUT2D eigenvalue weighted by molar-refractivity contribution is -0.181. The lowest BCUT2D eigenvalue weighted by atomic mass is 9.49. The number of ether oxygens (including phenoxy) is 1. The van der Waals surface area contributed by atoms with Crippen molar-refractivity contribution < 1.29 is 9.53 Å². The quantitative estimate of drug-likeness (QED) is 0.711. The molecule has 3 fully saturated rings. The Bertz CT molecular complexity index is 387. The average molecular weight is 250 g/mol. The summed E-state index contributed by atoms with van der Waals surface area (Å²) in [6.45, 7) is 7.07. The smallest absolute Gasteiger partial charge is 0.136 e. The maximum absolute atomic E-state index is 12.2. The van der Waals surface area contributed by atoms with E-state index in [4.69, 9.17) is 4.74 Å². The number of fused-ring (bicyclic) bond motifs is 4. The van der Waals surface area contributed by atoms with Crippen LogP contribution < -0.4 is 0 Å². The summed E-state index contributed by atoms with van der Waals surface area (Å²) in [6, 6.07) is 0. The van der Waals surface area contributed by atoms with Gasteiger partial charge in [0.05, 0.1) is 5.60 Å². The van der Waals surface area contributed by atoms with Crippen molar-refractivity contribution in [2.75, 3.05) is 7.11 Å². The molecule has 2 bridgehead atoms. The summed E-state index contributed by atoms with van der Waals surface area (Å²) < 4.78 is 5.97. The minimum atomic E-state index is -0.138. The van der Waals surface area contributed by atoms with Gasteiger partial charge in [-0.2, -0.15) is 0 Å². The molecule has 0 amide bonds. The molecule has 102 valence electrons. The highest BCUT2D eigenvalue weighted by molar-refractivity contribution is 5.81. The van der Waals surface area contributed by atoms with Crippen LogP contribution in [0.15, 0.2) is 0 Å². The van der Waals surface area contributed by atoms with Crippen LogP contribution in [0.2, 0.25) is 0 Å². The molecule has 0 spiro atoms. The van der Waals surface area contributed by atoms with Crippen LogP contribution in [0.4, 0.5) is 0 Å². The third-order valence-electron chi connectivity index (χ3n) is 6.22. The van der Waals surface area contributed by atoms with Crippen LogP contribution in [0.25, 0.3) is 0 Å². The van der Waals surface area contributed by atoms with Gasteiger partial charge in [-0.1, -0.05) is 20.8 Å². The van der Waals surface area contributed by atoms with Crippen LogP contribution in [-0.4, -0.2) is 18.5 Å². The van der Waals surface area contributed by atoms with Gasteiger partial charge in [0.1, 0.15) is 5.78 Å². The fourth-order valence-electron chi connectivity index (χ4n) is 5.35. The summed E-state index contributed by atoms with van der Waals surface area (Å²) in [4.78, 5) is 12.2. The molecule has 3 saturated carbocycles. The average Bonchev–Trinajstić information content (AvgIpc) is 2.31. The molecule has 0 heterocycles. The predicted molar refractivity (Wildman–Crippen MR) is 71.3 cm³/mol. The second-order valence-corrected chi connectivity index (χ2v) is 8.09. The molecule has 3 aliphatic rings. The minimum Gasteiger partial charge on any atom is -0.377 e. The SMILES string of the molecule is CO[C@@]12CC(=O)C[C@@](C)(CC[C@H]3[C@@H]1CC3(C)C)C2. The van der Waals surface area contributed by atoms with E-state index in [1.165, 1.54) is 19.3 Å². The van der Waals surface area contributed by atoms with Gasteiger partial charge in [-0.3, -0.25) is 4.79 Å². The van der Waals surface area contributed by atoms with Gasteiger partial charge in [0, 0.05) is 20.0 Å². The molecule has 0 unspecified atom stereocenters. The number of carbonyl (C=O) groups excluding carboxylic acids is 1. The minimum absolute atomic E-state index is 0.138. The fourth-order valence-corrected chi connectivity index (χ4v) is 5.35. The number of Topliss-reactive ketones (excluding diaryl/α,β-unsaturated/α-hetero) is 1. The van der Waals surface area contributed by atoms with Crippen molar-refractivity contribution in [3.05, 3.63) is 0 Å². The van der Waals surface area contributed by atoms with Crippen molar-refractivity contribution in [2.45, 2.75) is 64.9 Å². The topological polar surface area (TPSA) is 26.3 Å². The first-order valence-electron chi connectivity index (χ1n) is 7.37. The molecule has 0 radical (unpaired) electrons. The van der Waals surface area contributed by atoms with Crippen LogP contribution in [0.3, 0.4) is 0 Å². The van der Waals surface area contributed by atoms with Gasteiger partial charge >= 0.3 is 0 Å². The summed E-state index contributed by atoms with van der Waals surface area (Å²) >= 11 is 0. The number of ketones is 1. The standard InChI is InChI=1S/C16H26O2/c1-14(2)9-13-12(14)5-6-15(3)7-11(17)8-16(13,10-15)18-4/h12-13H,5-10H2,1-4H3/t12-,13-,15+,16+/m0/s1. The lowest BCUT2D eigenvalue weighted by Crippen LogP contribution is -2.58. The number of hydrogen-bond acceptors (Lipinski definition) is 2. The molecule has 0 aliphatic heterocycles. The highest BCUT2D eigenvalue weighted by atomic mass is 16.5. The van der Waals surface area contributed by atoms with Crippen LogP contribution >= 0.6 is 0 Å². The molecule has 18 heavy (non-hydrogen) atoms. The van der Waals surface area contributed by atoms with Gasteiger partial charge in [0.25, 0.3) is 0 Å². The molecule has 0 aromatic carbocycles. The van der Waals surface area contributed by atoms with Gasteiger partial charge in [-0.25, -0.2) is 0 Å². The van der Waals surface area contributed by atoms with E-state index in [-0.39, 0.29) is 11.0 Å². The Morgan fingerprint density at radius 2 is 1.89 bits per heavy atom. The van der Waals surface area contributed by atoms with E-state index in [2.05, 4.69) is 20.8 Å². The van der Waals surface area contributed by atoms with E-state index < -0.39 is 0 Å². The Morgan fingerprint density at radius 1 is 1.17 bits per heavy atom. The number of hydrogen-bond donors (Lipinski definition) is 0.